The van der Waals surface area contributed by atoms with Crippen molar-refractivity contribution < 1.29 is 0 Å². The fourth-order valence-electron chi connectivity index (χ4n) is 4.35. The van der Waals surface area contributed by atoms with Crippen molar-refractivity contribution in [3.05, 3.63) is 97.9 Å². The van der Waals surface area contributed by atoms with Crippen LogP contribution >= 0.6 is 43.6 Å². The van der Waals surface area contributed by atoms with E-state index in [1.807, 2.05) is 11.8 Å². The summed E-state index contributed by atoms with van der Waals surface area (Å²) in [5, 5.41) is 0. The van der Waals surface area contributed by atoms with Crippen molar-refractivity contribution in [1.82, 2.24) is 0 Å². The van der Waals surface area contributed by atoms with Crippen molar-refractivity contribution >= 4 is 67.9 Å². The maximum Gasteiger partial charge on any atom is 0.0247 e. The van der Waals surface area contributed by atoms with Crippen molar-refractivity contribution in [1.29, 1.82) is 0 Å². The Balaban J connectivity index is 1.64. The maximum atomic E-state index is 3.68. The molecule has 0 bridgehead atoms. The first-order valence-electron chi connectivity index (χ1n) is 13.8. The summed E-state index contributed by atoms with van der Waals surface area (Å²) in [6.07, 6.45) is 22.7. The Morgan fingerprint density at radius 3 is 1.41 bits per heavy atom. The lowest BCUT2D eigenvalue weighted by Gasteiger charge is -2.11. The molecule has 0 unspecified atom stereocenters. The lowest BCUT2D eigenvalue weighted by atomic mass is 10.1. The zero-order chi connectivity index (χ0) is 26.1. The number of unbranched alkanes of at least 4 members (excludes halogenated alkanes) is 9. The molecule has 3 rings (SSSR count). The van der Waals surface area contributed by atoms with Crippen molar-refractivity contribution in [3.63, 3.8) is 0 Å². The van der Waals surface area contributed by atoms with E-state index in [9.17, 15) is 0 Å². The van der Waals surface area contributed by atoms with Crippen molar-refractivity contribution in [2.24, 2.45) is 0 Å². The third-order valence-electron chi connectivity index (χ3n) is 6.52. The molecule has 0 atom stereocenters. The second kappa shape index (κ2) is 17.9. The first kappa shape index (κ1) is 30.0. The van der Waals surface area contributed by atoms with Crippen LogP contribution in [0.2, 0.25) is 0 Å². The minimum atomic E-state index is 1.12. The Kier molecular flexibility index (Phi) is 14.5. The van der Waals surface area contributed by atoms with E-state index in [0.29, 0.717) is 0 Å². The van der Waals surface area contributed by atoms with E-state index in [-0.39, 0.29) is 0 Å². The zero-order valence-corrected chi connectivity index (χ0v) is 26.1. The summed E-state index contributed by atoms with van der Waals surface area (Å²) >= 11 is 9.37. The monoisotopic (exact) mass is 638 g/mol. The van der Waals surface area contributed by atoms with Crippen LogP contribution in [0, 0.1) is 0 Å². The van der Waals surface area contributed by atoms with Gasteiger partial charge in [-0.25, -0.2) is 0 Å². The van der Waals surface area contributed by atoms with Crippen LogP contribution in [0.15, 0.2) is 80.6 Å². The highest BCUT2D eigenvalue weighted by Gasteiger charge is 2.07. The molecule has 3 heteroatoms. The quantitative estimate of drug-likeness (QED) is 0.0853. The van der Waals surface area contributed by atoms with Gasteiger partial charge in [0.2, 0.25) is 0 Å². The Hall–Kier alpha value is -1.55. The van der Waals surface area contributed by atoms with Crippen LogP contribution in [0.1, 0.15) is 93.4 Å². The molecule has 0 N–H and O–H groups in total. The van der Waals surface area contributed by atoms with Crippen LogP contribution < -0.4 is 0 Å². The molecule has 0 spiro atoms. The van der Waals surface area contributed by atoms with Gasteiger partial charge in [0.15, 0.2) is 0 Å². The number of hydrogen-bond donors (Lipinski definition) is 0. The average molecular weight is 641 g/mol. The van der Waals surface area contributed by atoms with E-state index in [2.05, 4.69) is 130 Å². The van der Waals surface area contributed by atoms with E-state index in [0.717, 1.165) is 14.7 Å². The lowest BCUT2D eigenvalue weighted by molar-refractivity contribution is 0.563. The summed E-state index contributed by atoms with van der Waals surface area (Å²) in [6.45, 7) is 2.29. The summed E-state index contributed by atoms with van der Waals surface area (Å²) in [7, 11) is 0. The van der Waals surface area contributed by atoms with Gasteiger partial charge in [-0.2, -0.15) is 0 Å². The first-order valence-corrected chi connectivity index (χ1v) is 16.4. The van der Waals surface area contributed by atoms with Crippen molar-refractivity contribution in [2.75, 3.05) is 5.75 Å². The first-order chi connectivity index (χ1) is 18.2. The minimum absolute atomic E-state index is 1.12. The molecule has 196 valence electrons. The molecule has 0 aromatic heterocycles. The van der Waals surface area contributed by atoms with Gasteiger partial charge in [0.05, 0.1) is 0 Å². The normalized spacial score (nSPS) is 11.6. The Bertz CT molecular complexity index is 1060. The lowest BCUT2D eigenvalue weighted by Crippen LogP contribution is -1.89. The number of rotatable bonds is 16. The topological polar surface area (TPSA) is 0 Å². The van der Waals surface area contributed by atoms with Gasteiger partial charge in [0.1, 0.15) is 0 Å². The second-order valence-electron chi connectivity index (χ2n) is 9.51. The molecule has 0 fully saturated rings. The standard InChI is InChI=1S/C34H40Br2S/c1-2-3-4-5-6-7-8-9-10-15-27-37-34-30(25-23-28-17-11-13-21-32(28)35)19-16-20-31(34)26-24-29-18-12-14-22-33(29)36/h11-14,16-26H,2-10,15,27H2,1H3/b25-23+,26-24+. The molecule has 3 aromatic rings. The zero-order valence-electron chi connectivity index (χ0n) is 22.1. The Morgan fingerprint density at radius 1 is 0.514 bits per heavy atom. The van der Waals surface area contributed by atoms with E-state index < -0.39 is 0 Å². The molecule has 37 heavy (non-hydrogen) atoms. The van der Waals surface area contributed by atoms with Gasteiger partial charge < -0.3 is 0 Å². The van der Waals surface area contributed by atoms with Gasteiger partial charge in [-0.3, -0.25) is 0 Å². The van der Waals surface area contributed by atoms with Gasteiger partial charge in [0.25, 0.3) is 0 Å². The summed E-state index contributed by atoms with van der Waals surface area (Å²) in [5.41, 5.74) is 4.95. The van der Waals surface area contributed by atoms with Crippen LogP contribution in [0.25, 0.3) is 24.3 Å². The number of halogens is 2. The molecule has 0 saturated carbocycles. The van der Waals surface area contributed by atoms with E-state index >= 15 is 0 Å². The van der Waals surface area contributed by atoms with Crippen molar-refractivity contribution in [3.8, 4) is 0 Å². The van der Waals surface area contributed by atoms with Crippen LogP contribution in [-0.4, -0.2) is 5.75 Å². The fraction of sp³-hybridized carbons (Fsp3) is 0.353. The van der Waals surface area contributed by atoms with Crippen LogP contribution in [-0.2, 0) is 0 Å². The highest BCUT2D eigenvalue weighted by atomic mass is 79.9. The third-order valence-corrected chi connectivity index (χ3v) is 9.21. The second-order valence-corrected chi connectivity index (χ2v) is 12.3. The molecule has 0 nitrogen and oxygen atoms in total. The summed E-state index contributed by atoms with van der Waals surface area (Å²) in [4.78, 5) is 1.37. The predicted molar refractivity (Wildman–Crippen MR) is 175 cm³/mol. The van der Waals surface area contributed by atoms with Gasteiger partial charge in [-0.05, 0) is 46.6 Å². The van der Waals surface area contributed by atoms with Gasteiger partial charge in [0, 0.05) is 13.8 Å². The van der Waals surface area contributed by atoms with E-state index in [1.54, 1.807) is 0 Å². The van der Waals surface area contributed by atoms with E-state index in [1.165, 1.54) is 91.4 Å². The van der Waals surface area contributed by atoms with Crippen molar-refractivity contribution in [2.45, 2.75) is 76.0 Å². The maximum absolute atomic E-state index is 3.68. The summed E-state index contributed by atoms with van der Waals surface area (Å²) < 4.78 is 2.24. The largest absolute Gasteiger partial charge is 0.125 e. The number of thioether (sulfide) groups is 1. The Labute approximate surface area is 246 Å². The molecule has 0 aliphatic heterocycles. The SMILES string of the molecule is CCCCCCCCCCCCSc1c(/C=C/c2ccccc2Br)cccc1/C=C/c1ccccc1Br. The molecule has 0 aliphatic rings. The highest BCUT2D eigenvalue weighted by Crippen LogP contribution is 2.32. The molecular formula is C34H40Br2S. The minimum Gasteiger partial charge on any atom is -0.125 e. The molecule has 0 heterocycles. The van der Waals surface area contributed by atoms with Gasteiger partial charge in [-0.15, -0.1) is 11.8 Å². The number of benzene rings is 3. The highest BCUT2D eigenvalue weighted by molar-refractivity contribution is 9.10. The molecule has 0 radical (unpaired) electrons. The molecular weight excluding hydrogens is 600 g/mol. The fourth-order valence-corrected chi connectivity index (χ4v) is 6.34. The molecule has 0 saturated heterocycles. The summed E-state index contributed by atoms with van der Waals surface area (Å²) in [5.74, 6) is 1.16. The molecule has 0 aliphatic carbocycles. The summed E-state index contributed by atoms with van der Waals surface area (Å²) in [6, 6.07) is 23.4. The third kappa shape index (κ3) is 11.0. The molecule has 3 aromatic carbocycles. The molecule has 0 amide bonds. The van der Waals surface area contributed by atoms with E-state index in [4.69, 9.17) is 0 Å². The van der Waals surface area contributed by atoms with Crippen LogP contribution in [0.5, 0.6) is 0 Å². The number of hydrogen-bond acceptors (Lipinski definition) is 1. The van der Waals surface area contributed by atoms with Gasteiger partial charge >= 0.3 is 0 Å². The average Bonchev–Trinajstić information content (AvgIpc) is 2.91. The van der Waals surface area contributed by atoms with Crippen LogP contribution in [0.4, 0.5) is 0 Å². The van der Waals surface area contributed by atoms with Gasteiger partial charge in [-0.1, -0.05) is 175 Å². The van der Waals surface area contributed by atoms with Crippen LogP contribution in [0.3, 0.4) is 0 Å². The Morgan fingerprint density at radius 2 is 0.919 bits per heavy atom. The predicted octanol–water partition coefficient (Wildman–Crippen LogP) is 12.6. The smallest absolute Gasteiger partial charge is 0.0247 e.